The summed E-state index contributed by atoms with van der Waals surface area (Å²) < 4.78 is 0. The van der Waals surface area contributed by atoms with Gasteiger partial charge in [-0.3, -0.25) is 25.0 Å². The summed E-state index contributed by atoms with van der Waals surface area (Å²) in [6.45, 7) is 1.67. The van der Waals surface area contributed by atoms with Crippen molar-refractivity contribution in [2.75, 3.05) is 18.5 Å². The Balaban J connectivity index is 3.02. The van der Waals surface area contributed by atoms with Gasteiger partial charge in [0.15, 0.2) is 0 Å². The van der Waals surface area contributed by atoms with Gasteiger partial charge in [-0.05, 0) is 12.5 Å². The molecule has 1 rings (SSSR count). The lowest BCUT2D eigenvalue weighted by Gasteiger charge is -2.17. The first-order valence-electron chi connectivity index (χ1n) is 6.48. The van der Waals surface area contributed by atoms with E-state index in [0.717, 1.165) is 18.2 Å². The minimum Gasteiger partial charge on any atom is -0.394 e. The molecule has 1 aromatic carbocycles. The second kappa shape index (κ2) is 7.88. The second-order valence-corrected chi connectivity index (χ2v) is 4.39. The number of nitrogens with zero attached hydrogens (tertiary/aromatic N) is 2. The molecule has 10 nitrogen and oxygen atoms in total. The summed E-state index contributed by atoms with van der Waals surface area (Å²) in [5.41, 5.74) is -1.06. The van der Waals surface area contributed by atoms with Gasteiger partial charge in [0.25, 0.3) is 11.4 Å². The van der Waals surface area contributed by atoms with Crippen molar-refractivity contribution in [2.24, 2.45) is 0 Å². The number of amides is 1. The number of aliphatic hydroxyl groups excluding tert-OH is 1. The Morgan fingerprint density at radius 1 is 1.32 bits per heavy atom. The molecule has 0 bridgehead atoms. The lowest BCUT2D eigenvalue weighted by molar-refractivity contribution is -0.393. The third kappa shape index (κ3) is 4.38. The van der Waals surface area contributed by atoms with E-state index in [1.54, 1.807) is 0 Å². The summed E-state index contributed by atoms with van der Waals surface area (Å²) in [6.07, 6.45) is 0.696. The number of aliphatic hydroxyl groups is 1. The number of carbonyl (C=O) groups excluding carboxylic acids is 1. The number of benzene rings is 1. The average Bonchev–Trinajstić information content (AvgIpc) is 2.49. The van der Waals surface area contributed by atoms with Gasteiger partial charge < -0.3 is 15.7 Å². The van der Waals surface area contributed by atoms with Crippen LogP contribution in [0.25, 0.3) is 0 Å². The largest absolute Gasteiger partial charge is 0.394 e. The van der Waals surface area contributed by atoms with E-state index in [1.165, 1.54) is 0 Å². The molecular weight excluding hydrogens is 296 g/mol. The second-order valence-electron chi connectivity index (χ2n) is 4.39. The van der Waals surface area contributed by atoms with Crippen molar-refractivity contribution < 1.29 is 19.7 Å². The summed E-state index contributed by atoms with van der Waals surface area (Å²) in [6, 6.07) is 1.91. The summed E-state index contributed by atoms with van der Waals surface area (Å²) in [7, 11) is 0. The lowest BCUT2D eigenvalue weighted by Crippen LogP contribution is -2.42. The molecule has 0 spiro atoms. The normalized spacial score (nSPS) is 11.5. The highest BCUT2D eigenvalue weighted by atomic mass is 16.6. The highest BCUT2D eigenvalue weighted by Gasteiger charge is 2.24. The van der Waals surface area contributed by atoms with Crippen molar-refractivity contribution in [1.82, 2.24) is 5.32 Å². The lowest BCUT2D eigenvalue weighted by atomic mass is 10.2. The van der Waals surface area contributed by atoms with Crippen molar-refractivity contribution >= 4 is 23.0 Å². The van der Waals surface area contributed by atoms with Crippen LogP contribution in [0.5, 0.6) is 0 Å². The van der Waals surface area contributed by atoms with E-state index in [4.69, 9.17) is 0 Å². The van der Waals surface area contributed by atoms with Crippen LogP contribution in [0.4, 0.5) is 17.1 Å². The fourth-order valence-electron chi connectivity index (χ4n) is 1.66. The van der Waals surface area contributed by atoms with Gasteiger partial charge in [0.2, 0.25) is 5.91 Å². The number of rotatable bonds is 8. The molecule has 3 N–H and O–H groups in total. The highest BCUT2D eigenvalue weighted by Crippen LogP contribution is 2.29. The maximum absolute atomic E-state index is 11.8. The van der Waals surface area contributed by atoms with Gasteiger partial charge in [-0.25, -0.2) is 0 Å². The molecule has 0 aliphatic heterocycles. The molecule has 0 saturated carbocycles. The molecule has 1 aromatic rings. The molecular formula is C12H16N4O6. The molecule has 120 valence electrons. The number of nitro benzene ring substituents is 2. The minimum atomic E-state index is -1.09. The molecule has 22 heavy (non-hydrogen) atoms. The number of non-ortho nitro benzene ring substituents is 1. The zero-order chi connectivity index (χ0) is 16.7. The van der Waals surface area contributed by atoms with Gasteiger partial charge in [0, 0.05) is 12.6 Å². The van der Waals surface area contributed by atoms with Crippen LogP contribution in [-0.2, 0) is 4.79 Å². The Morgan fingerprint density at radius 2 is 2.00 bits per heavy atom. The van der Waals surface area contributed by atoms with Gasteiger partial charge >= 0.3 is 0 Å². The Kier molecular flexibility index (Phi) is 6.20. The molecule has 0 fully saturated rings. The Bertz CT molecular complexity index is 577. The zero-order valence-electron chi connectivity index (χ0n) is 11.8. The van der Waals surface area contributed by atoms with Gasteiger partial charge in [0.1, 0.15) is 11.7 Å². The van der Waals surface area contributed by atoms with E-state index in [0.29, 0.717) is 13.0 Å². The van der Waals surface area contributed by atoms with E-state index >= 15 is 0 Å². The third-order valence-electron chi connectivity index (χ3n) is 2.77. The SMILES string of the molecule is CCCNC(=O)C(CO)Nc1ccc([N+](=O)[O-])cc1[N+](=O)[O-]. The maximum Gasteiger partial charge on any atom is 0.299 e. The molecule has 0 radical (unpaired) electrons. The first kappa shape index (κ1) is 17.3. The van der Waals surface area contributed by atoms with E-state index < -0.39 is 39.8 Å². The number of nitrogens with one attached hydrogen (secondary N) is 2. The summed E-state index contributed by atoms with van der Waals surface area (Å²) in [5, 5.41) is 35.9. The van der Waals surface area contributed by atoms with Crippen LogP contribution in [0.15, 0.2) is 18.2 Å². The first-order valence-corrected chi connectivity index (χ1v) is 6.48. The van der Waals surface area contributed by atoms with Crippen LogP contribution < -0.4 is 10.6 Å². The van der Waals surface area contributed by atoms with Crippen LogP contribution >= 0.6 is 0 Å². The van der Waals surface area contributed by atoms with E-state index in [-0.39, 0.29) is 5.69 Å². The van der Waals surface area contributed by atoms with E-state index in [2.05, 4.69) is 10.6 Å². The number of hydrogen-bond acceptors (Lipinski definition) is 7. The average molecular weight is 312 g/mol. The number of hydrogen-bond donors (Lipinski definition) is 3. The van der Waals surface area contributed by atoms with Crippen molar-refractivity contribution in [1.29, 1.82) is 0 Å². The van der Waals surface area contributed by atoms with Crippen molar-refractivity contribution in [3.05, 3.63) is 38.4 Å². The van der Waals surface area contributed by atoms with Gasteiger partial charge in [-0.15, -0.1) is 0 Å². The topological polar surface area (TPSA) is 148 Å². The maximum atomic E-state index is 11.8. The summed E-state index contributed by atoms with van der Waals surface area (Å²) in [5.74, 6) is -0.517. The molecule has 0 aliphatic rings. The van der Waals surface area contributed by atoms with Crippen LogP contribution in [0, 0.1) is 20.2 Å². The van der Waals surface area contributed by atoms with Crippen LogP contribution in [0.1, 0.15) is 13.3 Å². The summed E-state index contributed by atoms with van der Waals surface area (Å²) in [4.78, 5) is 31.9. The van der Waals surface area contributed by atoms with Gasteiger partial charge in [0.05, 0.1) is 22.5 Å². The molecule has 0 heterocycles. The number of carbonyl (C=O) groups is 1. The Hall–Kier alpha value is -2.75. The van der Waals surface area contributed by atoms with Crippen LogP contribution in [-0.4, -0.2) is 40.1 Å². The monoisotopic (exact) mass is 312 g/mol. The molecule has 0 aliphatic carbocycles. The molecule has 1 unspecified atom stereocenters. The number of nitro groups is 2. The molecule has 1 amide bonds. The third-order valence-corrected chi connectivity index (χ3v) is 2.77. The molecule has 0 aromatic heterocycles. The smallest absolute Gasteiger partial charge is 0.299 e. The van der Waals surface area contributed by atoms with Crippen molar-refractivity contribution in [3.8, 4) is 0 Å². The number of anilines is 1. The molecule has 0 saturated heterocycles. The standard InChI is InChI=1S/C12H16N4O6/c1-2-5-13-12(18)10(7-17)14-9-4-3-8(15(19)20)6-11(9)16(21)22/h3-4,6,10,14,17H,2,5,7H2,1H3,(H,13,18). The summed E-state index contributed by atoms with van der Waals surface area (Å²) >= 11 is 0. The minimum absolute atomic E-state index is 0.0821. The first-order chi connectivity index (χ1) is 10.4. The fourth-order valence-corrected chi connectivity index (χ4v) is 1.66. The Morgan fingerprint density at radius 3 is 2.50 bits per heavy atom. The van der Waals surface area contributed by atoms with Crippen LogP contribution in [0.3, 0.4) is 0 Å². The van der Waals surface area contributed by atoms with Crippen molar-refractivity contribution in [2.45, 2.75) is 19.4 Å². The highest BCUT2D eigenvalue weighted by molar-refractivity contribution is 5.85. The fraction of sp³-hybridized carbons (Fsp3) is 0.417. The van der Waals surface area contributed by atoms with E-state index in [9.17, 15) is 30.1 Å². The van der Waals surface area contributed by atoms with E-state index in [1.807, 2.05) is 6.92 Å². The molecule has 10 heteroatoms. The quantitative estimate of drug-likeness (QED) is 0.475. The zero-order valence-corrected chi connectivity index (χ0v) is 11.8. The van der Waals surface area contributed by atoms with Crippen molar-refractivity contribution in [3.63, 3.8) is 0 Å². The van der Waals surface area contributed by atoms with Gasteiger partial charge in [-0.2, -0.15) is 0 Å². The van der Waals surface area contributed by atoms with Crippen LogP contribution in [0.2, 0.25) is 0 Å². The van der Waals surface area contributed by atoms with Gasteiger partial charge in [-0.1, -0.05) is 6.92 Å². The Labute approximate surface area is 125 Å². The predicted molar refractivity (Wildman–Crippen MR) is 77.5 cm³/mol. The molecule has 1 atom stereocenters. The predicted octanol–water partition coefficient (Wildman–Crippen LogP) is 0.802.